The molecule has 126 valence electrons. The highest BCUT2D eigenvalue weighted by atomic mass is 16.3. The van der Waals surface area contributed by atoms with Crippen LogP contribution in [0.2, 0.25) is 0 Å². The van der Waals surface area contributed by atoms with Gasteiger partial charge in [-0.15, -0.1) is 0 Å². The molecule has 1 N–H and O–H groups in total. The summed E-state index contributed by atoms with van der Waals surface area (Å²) in [6.07, 6.45) is 11.1. The lowest BCUT2D eigenvalue weighted by atomic mass is 9.33. The molecule has 8 atom stereocenters. The van der Waals surface area contributed by atoms with Gasteiger partial charge in [-0.3, -0.25) is 4.99 Å². The number of rotatable bonds is 0. The van der Waals surface area contributed by atoms with E-state index in [1.54, 1.807) is 0 Å². The number of nitrogens with zero attached hydrogens (tertiary/aromatic N) is 1. The Morgan fingerprint density at radius 1 is 1.22 bits per heavy atom. The van der Waals surface area contributed by atoms with Crippen LogP contribution in [0.15, 0.2) is 17.1 Å². The van der Waals surface area contributed by atoms with Crippen LogP contribution < -0.4 is 0 Å². The van der Waals surface area contributed by atoms with Crippen LogP contribution in [-0.2, 0) is 0 Å². The van der Waals surface area contributed by atoms with Crippen LogP contribution in [0.1, 0.15) is 58.8 Å². The van der Waals surface area contributed by atoms with E-state index in [9.17, 15) is 5.11 Å². The lowest BCUT2D eigenvalue weighted by molar-refractivity contribution is -0.212. The van der Waals surface area contributed by atoms with Crippen molar-refractivity contribution in [2.24, 2.45) is 44.9 Å². The highest BCUT2D eigenvalue weighted by Gasteiger charge is 2.70. The SMILES string of the molecule is C=C1[C@@H]2CC[C@]3([C@H](C)C[C@@H]4[C@@]5(C)CCC[C@@]4(C=NC5)[C@H]3C2)[C@@H]1O. The van der Waals surface area contributed by atoms with E-state index < -0.39 is 0 Å². The van der Waals surface area contributed by atoms with Crippen molar-refractivity contribution in [3.05, 3.63) is 12.2 Å². The minimum atomic E-state index is -0.270. The van der Waals surface area contributed by atoms with Crippen LogP contribution in [0.3, 0.4) is 0 Å². The second kappa shape index (κ2) is 4.31. The lowest BCUT2D eigenvalue weighted by Gasteiger charge is -2.71. The molecule has 5 saturated carbocycles. The van der Waals surface area contributed by atoms with Gasteiger partial charge in [0.2, 0.25) is 0 Å². The maximum absolute atomic E-state index is 11.2. The molecule has 23 heavy (non-hydrogen) atoms. The van der Waals surface area contributed by atoms with Crippen molar-refractivity contribution >= 4 is 6.21 Å². The van der Waals surface area contributed by atoms with E-state index in [0.29, 0.717) is 23.2 Å². The van der Waals surface area contributed by atoms with Crippen LogP contribution in [0.25, 0.3) is 0 Å². The van der Waals surface area contributed by atoms with Crippen LogP contribution in [0.5, 0.6) is 0 Å². The fourth-order valence-corrected chi connectivity index (χ4v) is 8.18. The van der Waals surface area contributed by atoms with Gasteiger partial charge in [-0.1, -0.05) is 26.8 Å². The van der Waals surface area contributed by atoms with Crippen LogP contribution in [0.4, 0.5) is 0 Å². The molecule has 1 heterocycles. The summed E-state index contributed by atoms with van der Waals surface area (Å²) in [6.45, 7) is 10.3. The predicted octanol–water partition coefficient (Wildman–Crippen LogP) is 4.24. The number of hydrogen-bond donors (Lipinski definition) is 1. The summed E-state index contributed by atoms with van der Waals surface area (Å²) in [5.74, 6) is 2.58. The fraction of sp³-hybridized carbons (Fsp3) is 0.857. The molecule has 0 aromatic heterocycles. The number of aliphatic hydroxyl groups excluding tert-OH is 1. The smallest absolute Gasteiger partial charge is 0.0811 e. The van der Waals surface area contributed by atoms with Gasteiger partial charge in [-0.05, 0) is 73.2 Å². The number of fused-ring (bicyclic) bond motifs is 2. The van der Waals surface area contributed by atoms with Gasteiger partial charge in [0, 0.05) is 23.6 Å². The van der Waals surface area contributed by atoms with E-state index >= 15 is 0 Å². The fourth-order valence-electron chi connectivity index (χ4n) is 8.18. The van der Waals surface area contributed by atoms with Gasteiger partial charge >= 0.3 is 0 Å². The Morgan fingerprint density at radius 3 is 2.87 bits per heavy atom. The molecule has 0 aromatic carbocycles. The van der Waals surface area contributed by atoms with Gasteiger partial charge in [0.1, 0.15) is 0 Å². The molecule has 1 spiro atoms. The van der Waals surface area contributed by atoms with E-state index in [1.165, 1.54) is 44.9 Å². The van der Waals surface area contributed by atoms with Gasteiger partial charge in [-0.2, -0.15) is 0 Å². The van der Waals surface area contributed by atoms with Crippen molar-refractivity contribution in [2.75, 3.05) is 6.54 Å². The first-order chi connectivity index (χ1) is 10.9. The molecule has 0 aromatic rings. The molecule has 1 aliphatic heterocycles. The van der Waals surface area contributed by atoms with Crippen molar-refractivity contribution in [1.82, 2.24) is 0 Å². The third-order valence-corrected chi connectivity index (χ3v) is 9.27. The van der Waals surface area contributed by atoms with Crippen LogP contribution in [0, 0.1) is 39.9 Å². The molecular formula is C21H31NO. The number of aliphatic hydroxyl groups is 1. The highest BCUT2D eigenvalue weighted by molar-refractivity contribution is 5.70. The van der Waals surface area contributed by atoms with Crippen LogP contribution >= 0.6 is 0 Å². The lowest BCUT2D eigenvalue weighted by Crippen LogP contribution is -2.69. The van der Waals surface area contributed by atoms with E-state index in [2.05, 4.69) is 26.6 Å². The predicted molar refractivity (Wildman–Crippen MR) is 93.4 cm³/mol. The summed E-state index contributed by atoms with van der Waals surface area (Å²) in [5, 5.41) is 11.2. The standard InChI is InChI=1S/C21H31NO/c1-13-9-16-19(3)6-4-7-20(16,12-22-11-19)17-10-15-5-8-21(13,17)18(23)14(15)2/h12-13,15-18,23H,2,4-11H2,1,3H3/t13-,15-,16-,17-,18-,19+,20+,21-/m1/s1. The molecule has 0 amide bonds. The summed E-state index contributed by atoms with van der Waals surface area (Å²) in [5.41, 5.74) is 1.92. The maximum atomic E-state index is 11.2. The first-order valence-corrected chi connectivity index (χ1v) is 9.82. The largest absolute Gasteiger partial charge is 0.388 e. The molecule has 2 nitrogen and oxygen atoms in total. The average molecular weight is 313 g/mol. The Morgan fingerprint density at radius 2 is 2.04 bits per heavy atom. The maximum Gasteiger partial charge on any atom is 0.0811 e. The average Bonchev–Trinajstić information content (AvgIpc) is 2.52. The minimum Gasteiger partial charge on any atom is -0.388 e. The monoisotopic (exact) mass is 313 g/mol. The molecule has 6 rings (SSSR count). The Bertz CT molecular complexity index is 597. The topological polar surface area (TPSA) is 32.6 Å². The molecule has 0 saturated heterocycles. The van der Waals surface area contributed by atoms with E-state index in [1.807, 2.05) is 0 Å². The molecule has 4 bridgehead atoms. The Kier molecular flexibility index (Phi) is 2.75. The number of aliphatic imine (C=N–C) groups is 1. The highest BCUT2D eigenvalue weighted by Crippen LogP contribution is 2.73. The zero-order chi connectivity index (χ0) is 16.0. The zero-order valence-corrected chi connectivity index (χ0v) is 14.7. The van der Waals surface area contributed by atoms with Gasteiger partial charge in [-0.25, -0.2) is 0 Å². The Labute approximate surface area is 140 Å². The second-order valence-electron chi connectivity index (χ2n) is 9.89. The van der Waals surface area contributed by atoms with Crippen molar-refractivity contribution in [3.8, 4) is 0 Å². The molecule has 2 heteroatoms. The first-order valence-electron chi connectivity index (χ1n) is 9.82. The zero-order valence-electron chi connectivity index (χ0n) is 14.7. The Balaban J connectivity index is 1.69. The third kappa shape index (κ3) is 1.49. The first kappa shape index (κ1) is 14.7. The second-order valence-corrected chi connectivity index (χ2v) is 9.89. The van der Waals surface area contributed by atoms with Gasteiger partial charge in [0.25, 0.3) is 0 Å². The molecule has 5 aliphatic carbocycles. The van der Waals surface area contributed by atoms with Crippen molar-refractivity contribution < 1.29 is 5.11 Å². The molecular weight excluding hydrogens is 282 g/mol. The van der Waals surface area contributed by atoms with E-state index in [0.717, 1.165) is 18.0 Å². The van der Waals surface area contributed by atoms with Gasteiger partial charge in [0.05, 0.1) is 6.10 Å². The summed E-state index contributed by atoms with van der Waals surface area (Å²) in [4.78, 5) is 4.92. The van der Waals surface area contributed by atoms with E-state index in [-0.39, 0.29) is 16.9 Å². The quantitative estimate of drug-likeness (QED) is 0.667. The third-order valence-electron chi connectivity index (χ3n) is 9.27. The van der Waals surface area contributed by atoms with Crippen molar-refractivity contribution in [3.63, 3.8) is 0 Å². The van der Waals surface area contributed by atoms with E-state index in [4.69, 9.17) is 4.99 Å². The Hall–Kier alpha value is -0.630. The summed E-state index contributed by atoms with van der Waals surface area (Å²) in [7, 11) is 0. The molecule has 0 unspecified atom stereocenters. The van der Waals surface area contributed by atoms with Gasteiger partial charge in [0.15, 0.2) is 0 Å². The van der Waals surface area contributed by atoms with Gasteiger partial charge < -0.3 is 5.11 Å². The number of hydrogen-bond acceptors (Lipinski definition) is 2. The summed E-state index contributed by atoms with van der Waals surface area (Å²) < 4.78 is 0. The van der Waals surface area contributed by atoms with Crippen LogP contribution in [-0.4, -0.2) is 24.0 Å². The van der Waals surface area contributed by atoms with Crippen molar-refractivity contribution in [2.45, 2.75) is 64.9 Å². The summed E-state index contributed by atoms with van der Waals surface area (Å²) >= 11 is 0. The molecule has 5 fully saturated rings. The minimum absolute atomic E-state index is 0.0872. The molecule has 0 radical (unpaired) electrons. The summed E-state index contributed by atoms with van der Waals surface area (Å²) in [6, 6.07) is 0. The van der Waals surface area contributed by atoms with Crippen molar-refractivity contribution in [1.29, 1.82) is 0 Å². The molecule has 6 aliphatic rings. The normalized spacial score (nSPS) is 60.3.